The largest absolute Gasteiger partial charge is 0.369 e. The molecule has 1 amide bonds. The molecule has 1 aliphatic rings. The minimum Gasteiger partial charge on any atom is -0.369 e. The lowest BCUT2D eigenvalue weighted by Crippen LogP contribution is -2.44. The van der Waals surface area contributed by atoms with Crippen molar-refractivity contribution in [2.45, 2.75) is 31.7 Å². The van der Waals surface area contributed by atoms with Crippen molar-refractivity contribution in [3.8, 4) is 0 Å². The van der Waals surface area contributed by atoms with Crippen LogP contribution in [0.1, 0.15) is 25.8 Å². The van der Waals surface area contributed by atoms with E-state index in [9.17, 15) is 9.90 Å². The second kappa shape index (κ2) is 5.75. The van der Waals surface area contributed by atoms with E-state index in [0.29, 0.717) is 12.2 Å². The molecule has 1 heterocycles. The molecule has 1 N–H and O–H groups in total. The lowest BCUT2D eigenvalue weighted by atomic mass is 10.1. The molecular formula is C14H18N2O2S. The third-order valence-corrected chi connectivity index (χ3v) is 3.88. The molecule has 4 nitrogen and oxygen atoms in total. The first-order chi connectivity index (χ1) is 8.99. The normalized spacial score (nSPS) is 22.5. The fourth-order valence-corrected chi connectivity index (χ4v) is 2.92. The van der Waals surface area contributed by atoms with Crippen LogP contribution in [0.15, 0.2) is 35.4 Å². The number of hydrazone groups is 1. The van der Waals surface area contributed by atoms with Gasteiger partial charge in [0.2, 0.25) is 0 Å². The minimum atomic E-state index is -1.17. The molecule has 1 atom stereocenters. The summed E-state index contributed by atoms with van der Waals surface area (Å²) >= 11 is 1.53. The minimum absolute atomic E-state index is 0.150. The van der Waals surface area contributed by atoms with Crippen LogP contribution in [-0.2, 0) is 10.5 Å². The van der Waals surface area contributed by atoms with Crippen molar-refractivity contribution in [2.75, 3.05) is 5.75 Å². The van der Waals surface area contributed by atoms with Crippen LogP contribution >= 0.6 is 11.8 Å². The number of amides is 1. The average Bonchev–Trinajstić information content (AvgIpc) is 2.64. The maximum absolute atomic E-state index is 12.0. The van der Waals surface area contributed by atoms with E-state index in [1.54, 1.807) is 6.92 Å². The van der Waals surface area contributed by atoms with Crippen LogP contribution in [0.2, 0.25) is 0 Å². The Kier molecular flexibility index (Phi) is 4.27. The van der Waals surface area contributed by atoms with Gasteiger partial charge in [-0.3, -0.25) is 4.79 Å². The Morgan fingerprint density at radius 3 is 2.74 bits per heavy atom. The fraction of sp³-hybridized carbons (Fsp3) is 0.429. The van der Waals surface area contributed by atoms with E-state index in [-0.39, 0.29) is 5.91 Å². The summed E-state index contributed by atoms with van der Waals surface area (Å²) in [5, 5.41) is 15.4. The second-order valence-corrected chi connectivity index (χ2v) is 5.90. The zero-order valence-electron chi connectivity index (χ0n) is 11.2. The maximum atomic E-state index is 12.0. The summed E-state index contributed by atoms with van der Waals surface area (Å²) in [5.74, 6) is 0.954. The SMILES string of the molecule is CC1=NN(C(=O)CSCc2ccccc2)[C@](C)(O)C1. The Balaban J connectivity index is 1.85. The zero-order chi connectivity index (χ0) is 13.9. The molecule has 2 rings (SSSR count). The molecule has 1 aromatic carbocycles. The first kappa shape index (κ1) is 14.1. The van der Waals surface area contributed by atoms with Crippen LogP contribution in [0.5, 0.6) is 0 Å². The van der Waals surface area contributed by atoms with Crippen molar-refractivity contribution in [1.82, 2.24) is 5.01 Å². The van der Waals surface area contributed by atoms with Crippen molar-refractivity contribution in [1.29, 1.82) is 0 Å². The lowest BCUT2D eigenvalue weighted by Gasteiger charge is -2.26. The Labute approximate surface area is 117 Å². The lowest BCUT2D eigenvalue weighted by molar-refractivity contribution is -0.148. The van der Waals surface area contributed by atoms with Gasteiger partial charge in [0.05, 0.1) is 5.75 Å². The predicted molar refractivity (Wildman–Crippen MR) is 77.8 cm³/mol. The van der Waals surface area contributed by atoms with Gasteiger partial charge in [-0.05, 0) is 19.4 Å². The molecule has 5 heteroatoms. The first-order valence-corrected chi connectivity index (χ1v) is 7.36. The van der Waals surface area contributed by atoms with Gasteiger partial charge in [0, 0.05) is 17.9 Å². The number of hydrogen-bond donors (Lipinski definition) is 1. The van der Waals surface area contributed by atoms with Gasteiger partial charge in [-0.15, -0.1) is 11.8 Å². The number of carbonyl (C=O) groups is 1. The third-order valence-electron chi connectivity index (χ3n) is 2.89. The molecule has 19 heavy (non-hydrogen) atoms. The van der Waals surface area contributed by atoms with Gasteiger partial charge in [-0.2, -0.15) is 5.10 Å². The van der Waals surface area contributed by atoms with Crippen LogP contribution in [0.4, 0.5) is 0 Å². The van der Waals surface area contributed by atoms with Gasteiger partial charge in [0.1, 0.15) is 0 Å². The highest BCUT2D eigenvalue weighted by Crippen LogP contribution is 2.25. The summed E-state index contributed by atoms with van der Waals surface area (Å²) in [4.78, 5) is 12.0. The van der Waals surface area contributed by atoms with E-state index in [1.807, 2.05) is 37.3 Å². The summed E-state index contributed by atoms with van der Waals surface area (Å²) in [7, 11) is 0. The van der Waals surface area contributed by atoms with E-state index in [0.717, 1.165) is 11.5 Å². The maximum Gasteiger partial charge on any atom is 0.255 e. The van der Waals surface area contributed by atoms with E-state index in [4.69, 9.17) is 0 Å². The van der Waals surface area contributed by atoms with Crippen molar-refractivity contribution in [3.05, 3.63) is 35.9 Å². The molecule has 0 saturated carbocycles. The third kappa shape index (κ3) is 3.58. The molecule has 0 saturated heterocycles. The van der Waals surface area contributed by atoms with E-state index < -0.39 is 5.72 Å². The number of benzene rings is 1. The molecule has 0 unspecified atom stereocenters. The summed E-state index contributed by atoms with van der Waals surface area (Å²) in [5.41, 5.74) is 0.800. The number of nitrogens with zero attached hydrogens (tertiary/aromatic N) is 2. The van der Waals surface area contributed by atoms with Crippen LogP contribution < -0.4 is 0 Å². The van der Waals surface area contributed by atoms with E-state index in [1.165, 1.54) is 22.3 Å². The molecule has 0 fully saturated rings. The molecule has 102 valence electrons. The zero-order valence-corrected chi connectivity index (χ0v) is 12.0. The average molecular weight is 278 g/mol. The smallest absolute Gasteiger partial charge is 0.255 e. The molecule has 0 radical (unpaired) electrons. The molecule has 1 aliphatic heterocycles. The highest BCUT2D eigenvalue weighted by molar-refractivity contribution is 7.99. The van der Waals surface area contributed by atoms with Crippen LogP contribution in [0, 0.1) is 0 Å². The number of rotatable bonds is 4. The molecule has 0 spiro atoms. The van der Waals surface area contributed by atoms with Gasteiger partial charge in [0.25, 0.3) is 5.91 Å². The highest BCUT2D eigenvalue weighted by atomic mass is 32.2. The monoisotopic (exact) mass is 278 g/mol. The Bertz CT molecular complexity index is 485. The Morgan fingerprint density at radius 1 is 1.47 bits per heavy atom. The number of hydrogen-bond acceptors (Lipinski definition) is 4. The summed E-state index contributed by atoms with van der Waals surface area (Å²) in [6, 6.07) is 10.0. The first-order valence-electron chi connectivity index (χ1n) is 6.20. The van der Waals surface area contributed by atoms with E-state index in [2.05, 4.69) is 5.10 Å². The van der Waals surface area contributed by atoms with Gasteiger partial charge in [-0.1, -0.05) is 30.3 Å². The van der Waals surface area contributed by atoms with Crippen molar-refractivity contribution >= 4 is 23.4 Å². The van der Waals surface area contributed by atoms with Crippen molar-refractivity contribution in [3.63, 3.8) is 0 Å². The molecule has 0 bridgehead atoms. The highest BCUT2D eigenvalue weighted by Gasteiger charge is 2.38. The topological polar surface area (TPSA) is 52.9 Å². The number of aliphatic hydroxyl groups is 1. The molecule has 1 aromatic rings. The number of thioether (sulfide) groups is 1. The second-order valence-electron chi connectivity index (χ2n) is 4.91. The molecular weight excluding hydrogens is 260 g/mol. The fourth-order valence-electron chi connectivity index (χ4n) is 2.09. The molecule has 0 aromatic heterocycles. The quantitative estimate of drug-likeness (QED) is 0.919. The van der Waals surface area contributed by atoms with Crippen molar-refractivity contribution < 1.29 is 9.90 Å². The standard InChI is InChI=1S/C14H18N2O2S/c1-11-8-14(2,18)16(15-11)13(17)10-19-9-12-6-4-3-5-7-12/h3-7,18H,8-10H2,1-2H3/t14-/m1/s1. The summed E-state index contributed by atoms with van der Waals surface area (Å²) in [6.07, 6.45) is 0.419. The van der Waals surface area contributed by atoms with E-state index >= 15 is 0 Å². The number of carbonyl (C=O) groups excluding carboxylic acids is 1. The van der Waals surface area contributed by atoms with Gasteiger partial charge < -0.3 is 5.11 Å². The van der Waals surface area contributed by atoms with Gasteiger partial charge in [0.15, 0.2) is 5.72 Å². The van der Waals surface area contributed by atoms with Crippen LogP contribution in [-0.4, -0.2) is 33.2 Å². The van der Waals surface area contributed by atoms with Gasteiger partial charge >= 0.3 is 0 Å². The Hall–Kier alpha value is -1.33. The predicted octanol–water partition coefficient (Wildman–Crippen LogP) is 2.24. The summed E-state index contributed by atoms with van der Waals surface area (Å²) in [6.45, 7) is 3.44. The van der Waals surface area contributed by atoms with Crippen LogP contribution in [0.3, 0.4) is 0 Å². The Morgan fingerprint density at radius 2 is 2.16 bits per heavy atom. The molecule has 0 aliphatic carbocycles. The summed E-state index contributed by atoms with van der Waals surface area (Å²) < 4.78 is 0. The van der Waals surface area contributed by atoms with Crippen molar-refractivity contribution in [2.24, 2.45) is 5.10 Å². The van der Waals surface area contributed by atoms with Crippen LogP contribution in [0.25, 0.3) is 0 Å². The van der Waals surface area contributed by atoms with Gasteiger partial charge in [-0.25, -0.2) is 5.01 Å².